The predicted octanol–water partition coefficient (Wildman–Crippen LogP) is -1.39. The first-order valence-electron chi connectivity index (χ1n) is 4.36. The molecule has 0 aliphatic rings. The summed E-state index contributed by atoms with van der Waals surface area (Å²) in [6.07, 6.45) is -0.259. The molecule has 0 saturated carbocycles. The molecule has 0 aromatic rings. The first-order valence-corrected chi connectivity index (χ1v) is 5.80. The summed E-state index contributed by atoms with van der Waals surface area (Å²) in [5.74, 6) is -1.06. The lowest BCUT2D eigenvalue weighted by Crippen LogP contribution is -2.44. The van der Waals surface area contributed by atoms with Crippen LogP contribution < -0.4 is 4.72 Å². The molecule has 0 aromatic heterocycles. The highest BCUT2D eigenvalue weighted by molar-refractivity contribution is 7.87. The summed E-state index contributed by atoms with van der Waals surface area (Å²) in [4.78, 5) is 10.2. The molecule has 0 unspecified atom stereocenters. The molecule has 0 bridgehead atoms. The lowest BCUT2D eigenvalue weighted by Gasteiger charge is -2.19. The lowest BCUT2D eigenvalue weighted by atomic mass is 10.4. The maximum absolute atomic E-state index is 11.4. The molecule has 0 aromatic carbocycles. The first-order chi connectivity index (χ1) is 6.79. The average Bonchev–Trinajstić information content (AvgIpc) is 2.13. The van der Waals surface area contributed by atoms with Crippen LogP contribution in [0.2, 0.25) is 0 Å². The molecule has 7 nitrogen and oxygen atoms in total. The number of rotatable bonds is 7. The summed E-state index contributed by atoms with van der Waals surface area (Å²) >= 11 is 0. The summed E-state index contributed by atoms with van der Waals surface area (Å²) in [6.45, 7) is 1.08. The van der Waals surface area contributed by atoms with Crippen LogP contribution in [0.3, 0.4) is 0 Å². The normalized spacial score (nSPS) is 14.1. The summed E-state index contributed by atoms with van der Waals surface area (Å²) in [5.41, 5.74) is 0. The Morgan fingerprint density at radius 3 is 2.47 bits per heavy atom. The van der Waals surface area contributed by atoms with Gasteiger partial charge in [-0.3, -0.25) is 4.79 Å². The number of carboxylic acids is 1. The Balaban J connectivity index is 4.26. The number of hydrogen-bond acceptors (Lipinski definition) is 4. The highest BCUT2D eigenvalue weighted by Gasteiger charge is 2.20. The van der Waals surface area contributed by atoms with E-state index in [1.54, 1.807) is 0 Å². The molecule has 1 atom stereocenters. The van der Waals surface area contributed by atoms with E-state index in [1.807, 2.05) is 0 Å². The van der Waals surface area contributed by atoms with Crippen molar-refractivity contribution < 1.29 is 23.4 Å². The lowest BCUT2D eigenvalue weighted by molar-refractivity contribution is -0.137. The molecular formula is C7H16N2O5S. The van der Waals surface area contributed by atoms with Gasteiger partial charge in [-0.1, -0.05) is 0 Å². The van der Waals surface area contributed by atoms with E-state index in [0.29, 0.717) is 0 Å². The Morgan fingerprint density at radius 1 is 1.53 bits per heavy atom. The standard InChI is InChI=1S/C7H16N2O5S/c1-6(5-10)8-15(13,14)9(2)4-3-7(11)12/h6,8,10H,3-5H2,1-2H3,(H,11,12)/t6-/m1/s1. The van der Waals surface area contributed by atoms with Gasteiger partial charge in [0, 0.05) is 19.6 Å². The van der Waals surface area contributed by atoms with Crippen molar-refractivity contribution in [2.24, 2.45) is 0 Å². The second-order valence-electron chi connectivity index (χ2n) is 3.17. The van der Waals surface area contributed by atoms with Gasteiger partial charge in [0.1, 0.15) is 0 Å². The molecule has 0 radical (unpaired) electrons. The third-order valence-electron chi connectivity index (χ3n) is 1.67. The van der Waals surface area contributed by atoms with Crippen LogP contribution in [-0.4, -0.2) is 55.1 Å². The summed E-state index contributed by atoms with van der Waals surface area (Å²) in [6, 6.07) is -0.595. The average molecular weight is 240 g/mol. The van der Waals surface area contributed by atoms with Crippen LogP contribution in [0, 0.1) is 0 Å². The number of nitrogens with one attached hydrogen (secondary N) is 1. The topological polar surface area (TPSA) is 107 Å². The van der Waals surface area contributed by atoms with E-state index in [9.17, 15) is 13.2 Å². The smallest absolute Gasteiger partial charge is 0.304 e. The van der Waals surface area contributed by atoms with Gasteiger partial charge in [-0.25, -0.2) is 0 Å². The SMILES string of the molecule is C[C@H](CO)NS(=O)(=O)N(C)CCC(=O)O. The zero-order valence-electron chi connectivity index (χ0n) is 8.67. The summed E-state index contributed by atoms with van der Waals surface area (Å²) < 4.78 is 25.9. The fourth-order valence-electron chi connectivity index (χ4n) is 0.755. The third kappa shape index (κ3) is 5.67. The Bertz CT molecular complexity index is 303. The van der Waals surface area contributed by atoms with Crippen molar-refractivity contribution in [3.05, 3.63) is 0 Å². The minimum Gasteiger partial charge on any atom is -0.481 e. The van der Waals surface area contributed by atoms with Crippen molar-refractivity contribution in [3.63, 3.8) is 0 Å². The Kier molecular flexibility index (Phi) is 5.73. The quantitative estimate of drug-likeness (QED) is 0.508. The Hall–Kier alpha value is -0.700. The number of aliphatic hydroxyl groups is 1. The van der Waals surface area contributed by atoms with E-state index in [4.69, 9.17) is 10.2 Å². The molecule has 0 saturated heterocycles. The Morgan fingerprint density at radius 2 is 2.07 bits per heavy atom. The van der Waals surface area contributed by atoms with Crippen molar-refractivity contribution in [1.29, 1.82) is 0 Å². The molecule has 15 heavy (non-hydrogen) atoms. The summed E-state index contributed by atoms with van der Waals surface area (Å²) in [5, 5.41) is 17.0. The fraction of sp³-hybridized carbons (Fsp3) is 0.857. The molecule has 0 rings (SSSR count). The highest BCUT2D eigenvalue weighted by Crippen LogP contribution is 1.97. The van der Waals surface area contributed by atoms with Gasteiger partial charge in [0.15, 0.2) is 0 Å². The first kappa shape index (κ1) is 14.3. The summed E-state index contributed by atoms with van der Waals surface area (Å²) in [7, 11) is -2.43. The molecule has 0 spiro atoms. The third-order valence-corrected chi connectivity index (χ3v) is 3.38. The molecule has 3 N–H and O–H groups in total. The zero-order valence-corrected chi connectivity index (χ0v) is 9.49. The molecule has 0 fully saturated rings. The molecule has 0 aliphatic heterocycles. The second-order valence-corrected chi connectivity index (χ2v) is 4.98. The van der Waals surface area contributed by atoms with Gasteiger partial charge < -0.3 is 10.2 Å². The van der Waals surface area contributed by atoms with Crippen molar-refractivity contribution in [2.75, 3.05) is 20.2 Å². The minimum atomic E-state index is -3.71. The van der Waals surface area contributed by atoms with E-state index < -0.39 is 22.2 Å². The Labute approximate surface area is 88.9 Å². The van der Waals surface area contributed by atoms with Gasteiger partial charge in [0.05, 0.1) is 13.0 Å². The molecular weight excluding hydrogens is 224 g/mol. The van der Waals surface area contributed by atoms with Crippen LogP contribution in [0.5, 0.6) is 0 Å². The van der Waals surface area contributed by atoms with Gasteiger partial charge in [-0.15, -0.1) is 0 Å². The zero-order chi connectivity index (χ0) is 12.1. The van der Waals surface area contributed by atoms with Gasteiger partial charge >= 0.3 is 5.97 Å². The largest absolute Gasteiger partial charge is 0.481 e. The van der Waals surface area contributed by atoms with Crippen LogP contribution in [0.4, 0.5) is 0 Å². The number of carbonyl (C=O) groups is 1. The molecule has 0 amide bonds. The van der Waals surface area contributed by atoms with Crippen LogP contribution in [-0.2, 0) is 15.0 Å². The van der Waals surface area contributed by atoms with Gasteiger partial charge in [-0.2, -0.15) is 17.4 Å². The number of hydrogen-bond donors (Lipinski definition) is 3. The highest BCUT2D eigenvalue weighted by atomic mass is 32.2. The fourth-order valence-corrected chi connectivity index (χ4v) is 1.85. The number of aliphatic carboxylic acids is 1. The van der Waals surface area contributed by atoms with Crippen molar-refractivity contribution in [3.8, 4) is 0 Å². The van der Waals surface area contributed by atoms with Crippen LogP contribution in [0.1, 0.15) is 13.3 Å². The molecule has 8 heteroatoms. The van der Waals surface area contributed by atoms with E-state index >= 15 is 0 Å². The molecule has 90 valence electrons. The minimum absolute atomic E-state index is 0.108. The van der Waals surface area contributed by atoms with Gasteiger partial charge in [-0.05, 0) is 6.92 Å². The maximum Gasteiger partial charge on any atom is 0.304 e. The van der Waals surface area contributed by atoms with Gasteiger partial charge in [0.2, 0.25) is 0 Å². The monoisotopic (exact) mass is 240 g/mol. The van der Waals surface area contributed by atoms with Crippen molar-refractivity contribution >= 4 is 16.2 Å². The van der Waals surface area contributed by atoms with Crippen molar-refractivity contribution in [2.45, 2.75) is 19.4 Å². The predicted molar refractivity (Wildman–Crippen MR) is 53.5 cm³/mol. The van der Waals surface area contributed by atoms with E-state index in [-0.39, 0.29) is 19.6 Å². The number of nitrogens with zero attached hydrogens (tertiary/aromatic N) is 1. The number of carboxylic acid groups (broad SMARTS) is 1. The molecule has 0 heterocycles. The van der Waals surface area contributed by atoms with Gasteiger partial charge in [0.25, 0.3) is 10.2 Å². The number of aliphatic hydroxyl groups excluding tert-OH is 1. The van der Waals surface area contributed by atoms with E-state index in [0.717, 1.165) is 4.31 Å². The van der Waals surface area contributed by atoms with Crippen LogP contribution in [0.25, 0.3) is 0 Å². The van der Waals surface area contributed by atoms with E-state index in [1.165, 1.54) is 14.0 Å². The van der Waals surface area contributed by atoms with Crippen molar-refractivity contribution in [1.82, 2.24) is 9.03 Å². The van der Waals surface area contributed by atoms with Crippen LogP contribution in [0.15, 0.2) is 0 Å². The van der Waals surface area contributed by atoms with E-state index in [2.05, 4.69) is 4.72 Å². The second kappa shape index (κ2) is 6.01. The van der Waals surface area contributed by atoms with Crippen LogP contribution >= 0.6 is 0 Å². The molecule has 0 aliphatic carbocycles. The maximum atomic E-state index is 11.4.